The fraction of sp³-hybridized carbons (Fsp3) is 0.306. The van der Waals surface area contributed by atoms with Crippen molar-refractivity contribution in [2.75, 3.05) is 6.54 Å². The van der Waals surface area contributed by atoms with Gasteiger partial charge in [-0.25, -0.2) is 24.4 Å². The molecule has 1 atom stereocenters. The van der Waals surface area contributed by atoms with Crippen molar-refractivity contribution in [1.29, 1.82) is 0 Å². The van der Waals surface area contributed by atoms with Gasteiger partial charge < -0.3 is 41.1 Å². The minimum absolute atomic E-state index is 0.0118. The molecule has 304 valence electrons. The number of Topliss-reactive ketones (excluding diaryl/α,β-unsaturated/α-hetero) is 4. The van der Waals surface area contributed by atoms with E-state index in [4.69, 9.17) is 30.6 Å². The molecule has 1 aliphatic rings. The number of ketones is 4. The van der Waals surface area contributed by atoms with Gasteiger partial charge >= 0.3 is 35.8 Å². The summed E-state index contributed by atoms with van der Waals surface area (Å²) in [5.41, 5.74) is 0.130. The van der Waals surface area contributed by atoms with Gasteiger partial charge in [-0.1, -0.05) is 32.0 Å². The molecule has 2 heterocycles. The summed E-state index contributed by atoms with van der Waals surface area (Å²) in [5.74, 6) is -13.8. The standard InChI is InChI=1S/C13H12N2O4.C10H12O5.C7H5NO4.C6H8O5/c16-10-7-8-3-1-2-4-9(8)15-12(10)13(19)14-6-5-11(17)18;1-2-6(11)9-7(12)3-5(10(14)15)4-8(9)13;9-6(10)4-1-2-8-5(3-4)7(11)12;1-3(5(8)9)2-4(7)6(10)11/h1-4,7,16H,5-6H2,(H,14,19)(H,17,18);5,9H,2-4H2,1H3,(H,14,15);1-3H,(H,9,10)(H,11,12);3H,2H2,1H3,(H,8,9)(H,10,11). The van der Waals surface area contributed by atoms with Gasteiger partial charge in [0.1, 0.15) is 17.4 Å². The number of carboxylic acids is 6. The monoisotopic (exact) mass is 799 g/mol. The maximum Gasteiger partial charge on any atom is 0.372 e. The number of aromatic hydroxyl groups is 1. The predicted molar refractivity (Wildman–Crippen MR) is 189 cm³/mol. The molecule has 21 nitrogen and oxygen atoms in total. The van der Waals surface area contributed by atoms with Gasteiger partial charge in [-0.15, -0.1) is 0 Å². The lowest BCUT2D eigenvalue weighted by Crippen LogP contribution is -2.40. The number of aliphatic carboxylic acids is 4. The zero-order chi connectivity index (χ0) is 43.6. The molecule has 8 N–H and O–H groups in total. The Bertz CT molecular complexity index is 2010. The summed E-state index contributed by atoms with van der Waals surface area (Å²) in [6, 6.07) is 10.8. The number of pyridine rings is 2. The Labute approximate surface area is 321 Å². The number of hydrogen-bond donors (Lipinski definition) is 8. The number of carbonyl (C=O) groups excluding carboxylic acids is 5. The molecule has 4 rings (SSSR count). The average Bonchev–Trinajstić information content (AvgIpc) is 3.14. The minimum Gasteiger partial charge on any atom is -0.505 e. The second-order valence-corrected chi connectivity index (χ2v) is 11.8. The molecular weight excluding hydrogens is 762 g/mol. The maximum absolute atomic E-state index is 11.8. The predicted octanol–water partition coefficient (Wildman–Crippen LogP) is 1.59. The quantitative estimate of drug-likeness (QED) is 0.0898. The van der Waals surface area contributed by atoms with Crippen molar-refractivity contribution in [2.45, 2.75) is 46.0 Å². The van der Waals surface area contributed by atoms with Crippen LogP contribution in [0.2, 0.25) is 0 Å². The number of rotatable bonds is 13. The van der Waals surface area contributed by atoms with E-state index in [0.29, 0.717) is 5.52 Å². The van der Waals surface area contributed by atoms with Crippen LogP contribution in [0.5, 0.6) is 5.75 Å². The molecule has 0 radical (unpaired) electrons. The van der Waals surface area contributed by atoms with Crippen molar-refractivity contribution >= 4 is 75.8 Å². The van der Waals surface area contributed by atoms with Crippen molar-refractivity contribution in [3.8, 4) is 5.75 Å². The first-order chi connectivity index (χ1) is 26.6. The second-order valence-electron chi connectivity index (χ2n) is 11.8. The summed E-state index contributed by atoms with van der Waals surface area (Å²) in [6.45, 7) is 2.84. The normalized spacial score (nSPS) is 14.7. The van der Waals surface area contributed by atoms with Gasteiger partial charge in [0.05, 0.1) is 29.3 Å². The second kappa shape index (κ2) is 22.7. The first-order valence-corrected chi connectivity index (χ1v) is 16.4. The number of aromatic carboxylic acids is 2. The van der Waals surface area contributed by atoms with E-state index in [9.17, 15) is 57.8 Å². The van der Waals surface area contributed by atoms with Crippen LogP contribution < -0.4 is 5.32 Å². The molecule has 1 saturated carbocycles. The fourth-order valence-corrected chi connectivity index (χ4v) is 4.48. The van der Waals surface area contributed by atoms with Gasteiger partial charge in [-0.05, 0) is 24.3 Å². The third-order valence-electron chi connectivity index (χ3n) is 7.48. The van der Waals surface area contributed by atoms with Crippen LogP contribution in [0.15, 0.2) is 48.7 Å². The summed E-state index contributed by atoms with van der Waals surface area (Å²) in [5, 5.41) is 63.3. The molecule has 2 aromatic heterocycles. The molecule has 1 aliphatic carbocycles. The van der Waals surface area contributed by atoms with Crippen molar-refractivity contribution < 1.29 is 88.5 Å². The number of aromatic nitrogens is 2. The average molecular weight is 800 g/mol. The Balaban J connectivity index is 0.000000390. The zero-order valence-corrected chi connectivity index (χ0v) is 30.1. The first-order valence-electron chi connectivity index (χ1n) is 16.4. The lowest BCUT2D eigenvalue weighted by Gasteiger charge is -2.22. The molecule has 57 heavy (non-hydrogen) atoms. The molecule has 0 saturated heterocycles. The highest BCUT2D eigenvalue weighted by atomic mass is 16.4. The molecular formula is C36H37N3O18. The van der Waals surface area contributed by atoms with E-state index in [1.165, 1.54) is 19.1 Å². The number of carbonyl (C=O) groups is 11. The molecule has 0 spiro atoms. The van der Waals surface area contributed by atoms with Crippen LogP contribution in [-0.2, 0) is 38.4 Å². The first kappa shape index (κ1) is 47.6. The molecule has 1 fully saturated rings. The summed E-state index contributed by atoms with van der Waals surface area (Å²) < 4.78 is 0. The lowest BCUT2D eigenvalue weighted by atomic mass is 9.77. The largest absolute Gasteiger partial charge is 0.505 e. The molecule has 0 aliphatic heterocycles. The molecule has 21 heteroatoms. The van der Waals surface area contributed by atoms with Gasteiger partial charge in [-0.2, -0.15) is 0 Å². The highest BCUT2D eigenvalue weighted by Crippen LogP contribution is 2.25. The highest BCUT2D eigenvalue weighted by molar-refractivity contribution is 6.33. The van der Waals surface area contributed by atoms with Crippen LogP contribution in [0.4, 0.5) is 0 Å². The molecule has 1 aromatic carbocycles. The summed E-state index contributed by atoms with van der Waals surface area (Å²) in [4.78, 5) is 125. The van der Waals surface area contributed by atoms with Crippen LogP contribution in [0.3, 0.4) is 0 Å². The Hall–Kier alpha value is -7.45. The number of nitrogens with one attached hydrogen (secondary N) is 1. The van der Waals surface area contributed by atoms with E-state index in [1.807, 2.05) is 0 Å². The summed E-state index contributed by atoms with van der Waals surface area (Å²) in [6.07, 6.45) is 0.215. The SMILES string of the molecule is CC(CC(=O)C(=O)O)C(=O)O.CCC(=O)C1C(=O)CC(C(=O)O)CC1=O.O=C(O)CCNC(=O)c1nc2ccccc2cc1O.O=C(O)c1ccnc(C(=O)O)c1. The van der Waals surface area contributed by atoms with Crippen molar-refractivity contribution in [3.05, 3.63) is 65.6 Å². The summed E-state index contributed by atoms with van der Waals surface area (Å²) in [7, 11) is 0. The Morgan fingerprint density at radius 1 is 0.842 bits per heavy atom. The Kier molecular flexibility index (Phi) is 18.9. The van der Waals surface area contributed by atoms with E-state index in [2.05, 4.69) is 15.3 Å². The maximum atomic E-state index is 11.8. The van der Waals surface area contributed by atoms with Crippen molar-refractivity contribution in [2.24, 2.45) is 17.8 Å². The molecule has 1 amide bonds. The Morgan fingerprint density at radius 2 is 1.44 bits per heavy atom. The molecule has 3 aromatic rings. The van der Waals surface area contributed by atoms with E-state index in [1.54, 1.807) is 31.2 Å². The van der Waals surface area contributed by atoms with Gasteiger partial charge in [0.15, 0.2) is 23.0 Å². The van der Waals surface area contributed by atoms with Gasteiger partial charge in [0.25, 0.3) is 5.91 Å². The highest BCUT2D eigenvalue weighted by Gasteiger charge is 2.41. The fourth-order valence-electron chi connectivity index (χ4n) is 4.48. The minimum atomic E-state index is -1.59. The van der Waals surface area contributed by atoms with Gasteiger partial charge in [0.2, 0.25) is 5.78 Å². The number of nitrogens with zero attached hydrogens (tertiary/aromatic N) is 2. The van der Waals surface area contributed by atoms with Crippen LogP contribution in [0.25, 0.3) is 10.9 Å². The third kappa shape index (κ3) is 15.8. The summed E-state index contributed by atoms with van der Waals surface area (Å²) >= 11 is 0. The topological polar surface area (TPSA) is 367 Å². The van der Waals surface area contributed by atoms with Crippen LogP contribution >= 0.6 is 0 Å². The van der Waals surface area contributed by atoms with Gasteiger partial charge in [-0.3, -0.25) is 38.4 Å². The smallest absolute Gasteiger partial charge is 0.372 e. The van der Waals surface area contributed by atoms with Gasteiger partial charge in [0, 0.05) is 43.8 Å². The molecule has 0 bridgehead atoms. The third-order valence-corrected chi connectivity index (χ3v) is 7.48. The number of carboxylic acid groups (broad SMARTS) is 6. The molecule has 1 unspecified atom stereocenters. The number of fused-ring (bicyclic) bond motifs is 1. The van der Waals surface area contributed by atoms with Crippen molar-refractivity contribution in [3.63, 3.8) is 0 Å². The van der Waals surface area contributed by atoms with E-state index in [0.717, 1.165) is 17.6 Å². The van der Waals surface area contributed by atoms with Crippen LogP contribution in [0.1, 0.15) is 77.3 Å². The number of amides is 1. The lowest BCUT2D eigenvalue weighted by molar-refractivity contribution is -0.152. The zero-order valence-electron chi connectivity index (χ0n) is 30.1. The number of para-hydroxylation sites is 1. The van der Waals surface area contributed by atoms with Crippen LogP contribution in [-0.4, -0.2) is 117 Å². The van der Waals surface area contributed by atoms with Crippen molar-refractivity contribution in [1.82, 2.24) is 15.3 Å². The number of hydrogen-bond acceptors (Lipinski definition) is 14. The van der Waals surface area contributed by atoms with Crippen LogP contribution in [0, 0.1) is 17.8 Å². The number of benzene rings is 1. The van der Waals surface area contributed by atoms with E-state index in [-0.39, 0.29) is 54.9 Å². The van der Waals surface area contributed by atoms with E-state index < -0.39 is 89.0 Å². The Morgan fingerprint density at radius 3 is 1.93 bits per heavy atom. The van der Waals surface area contributed by atoms with E-state index >= 15 is 0 Å².